The Balaban J connectivity index is 1.22. The van der Waals surface area contributed by atoms with Gasteiger partial charge in [0.05, 0.1) is 22.8 Å². The summed E-state index contributed by atoms with van der Waals surface area (Å²) in [6.45, 7) is 3.26. The quantitative estimate of drug-likeness (QED) is 0.520. The summed E-state index contributed by atoms with van der Waals surface area (Å²) in [5.41, 5.74) is -0.422. The minimum absolute atomic E-state index is 0.0288. The standard InChI is InChI=1S/C23H26F3N7O2/c1-27-21(34)17-3-2-15(10-28-17)32-8-5-14(6-9-32)33-7-4-13(12-33)19-30-20-18(22(35)31-19)16(11-29-20)23(24,25)26/h2-3,10-11,13-14H,4-9,12H2,1H3,(H,27,34)(H2,29,30,31,35). The number of aromatic nitrogens is 4. The van der Waals surface area contributed by atoms with E-state index >= 15 is 0 Å². The molecule has 0 aliphatic carbocycles. The number of rotatable bonds is 4. The zero-order valence-corrected chi connectivity index (χ0v) is 19.2. The van der Waals surface area contributed by atoms with Crippen LogP contribution in [-0.4, -0.2) is 70.0 Å². The van der Waals surface area contributed by atoms with E-state index in [4.69, 9.17) is 0 Å². The number of H-pyrrole nitrogens is 2. The molecular formula is C23H26F3N7O2. The van der Waals surface area contributed by atoms with Gasteiger partial charge in [-0.15, -0.1) is 0 Å². The molecule has 3 aromatic heterocycles. The Morgan fingerprint density at radius 2 is 1.94 bits per heavy atom. The van der Waals surface area contributed by atoms with Crippen molar-refractivity contribution >= 4 is 22.6 Å². The predicted molar refractivity (Wildman–Crippen MR) is 124 cm³/mol. The minimum Gasteiger partial charge on any atom is -0.370 e. The molecule has 5 rings (SSSR count). The number of nitrogens with one attached hydrogen (secondary N) is 3. The number of aromatic amines is 2. The number of carbonyl (C=O) groups is 1. The second kappa shape index (κ2) is 8.99. The Bertz CT molecular complexity index is 1280. The van der Waals surface area contributed by atoms with Crippen LogP contribution in [0.1, 0.15) is 47.1 Å². The Labute approximate surface area is 198 Å². The third-order valence-electron chi connectivity index (χ3n) is 7.03. The highest BCUT2D eigenvalue weighted by molar-refractivity contribution is 5.92. The van der Waals surface area contributed by atoms with Crippen molar-refractivity contribution in [1.29, 1.82) is 0 Å². The number of hydrogen-bond acceptors (Lipinski definition) is 6. The van der Waals surface area contributed by atoms with E-state index in [-0.39, 0.29) is 17.5 Å². The van der Waals surface area contributed by atoms with Crippen LogP contribution in [0.25, 0.3) is 11.0 Å². The second-order valence-corrected chi connectivity index (χ2v) is 9.05. The van der Waals surface area contributed by atoms with Gasteiger partial charge in [0.15, 0.2) is 0 Å². The molecule has 0 radical (unpaired) electrons. The molecule has 186 valence electrons. The average molecular weight is 490 g/mol. The first-order valence-corrected chi connectivity index (χ1v) is 11.6. The number of anilines is 1. The van der Waals surface area contributed by atoms with E-state index < -0.39 is 22.7 Å². The SMILES string of the molecule is CNC(=O)c1ccc(N2CCC(N3CCC(c4nc5[nH]cc(C(F)(F)F)c5c(=O)[nH]4)C3)CC2)cn1. The highest BCUT2D eigenvalue weighted by Crippen LogP contribution is 2.34. The highest BCUT2D eigenvalue weighted by Gasteiger charge is 2.36. The number of alkyl halides is 3. The number of fused-ring (bicyclic) bond motifs is 1. The van der Waals surface area contributed by atoms with Crippen molar-refractivity contribution in [2.24, 2.45) is 0 Å². The molecule has 2 aliphatic rings. The Kier molecular flexibility index (Phi) is 5.99. The maximum absolute atomic E-state index is 13.2. The number of hydrogen-bond donors (Lipinski definition) is 3. The van der Waals surface area contributed by atoms with Crippen LogP contribution < -0.4 is 15.8 Å². The summed E-state index contributed by atoms with van der Waals surface area (Å²) in [4.78, 5) is 42.5. The van der Waals surface area contributed by atoms with Gasteiger partial charge in [-0.05, 0) is 37.9 Å². The van der Waals surface area contributed by atoms with Crippen molar-refractivity contribution < 1.29 is 18.0 Å². The Hall–Kier alpha value is -3.41. The van der Waals surface area contributed by atoms with Gasteiger partial charge in [-0.2, -0.15) is 13.2 Å². The van der Waals surface area contributed by atoms with Crippen LogP contribution in [0.15, 0.2) is 29.3 Å². The van der Waals surface area contributed by atoms with E-state index in [0.29, 0.717) is 24.1 Å². The fourth-order valence-electron chi connectivity index (χ4n) is 5.14. The summed E-state index contributed by atoms with van der Waals surface area (Å²) in [5.74, 6) is 0.176. The zero-order valence-electron chi connectivity index (χ0n) is 19.2. The topological polar surface area (TPSA) is 110 Å². The van der Waals surface area contributed by atoms with Crippen molar-refractivity contribution in [3.05, 3.63) is 52.0 Å². The minimum atomic E-state index is -4.62. The molecule has 2 fully saturated rings. The summed E-state index contributed by atoms with van der Waals surface area (Å²) in [6, 6.07) is 4.01. The molecule has 0 bridgehead atoms. The van der Waals surface area contributed by atoms with Crippen LogP contribution in [0, 0.1) is 0 Å². The molecule has 5 heterocycles. The van der Waals surface area contributed by atoms with Gasteiger partial charge in [0.2, 0.25) is 0 Å². The molecule has 1 unspecified atom stereocenters. The summed E-state index contributed by atoms with van der Waals surface area (Å²) in [6.07, 6.45) is 0.603. The van der Waals surface area contributed by atoms with Crippen molar-refractivity contribution in [2.75, 3.05) is 38.1 Å². The molecule has 0 spiro atoms. The Morgan fingerprint density at radius 1 is 1.17 bits per heavy atom. The fraction of sp³-hybridized carbons (Fsp3) is 0.478. The first-order valence-electron chi connectivity index (χ1n) is 11.6. The van der Waals surface area contributed by atoms with Crippen molar-refractivity contribution in [3.8, 4) is 0 Å². The summed E-state index contributed by atoms with van der Waals surface area (Å²) >= 11 is 0. The average Bonchev–Trinajstić information content (AvgIpc) is 3.52. The van der Waals surface area contributed by atoms with Crippen LogP contribution in [0.3, 0.4) is 0 Å². The summed E-state index contributed by atoms with van der Waals surface area (Å²) < 4.78 is 39.5. The zero-order chi connectivity index (χ0) is 24.7. The van der Waals surface area contributed by atoms with E-state index in [9.17, 15) is 22.8 Å². The molecule has 0 saturated carbocycles. The molecule has 3 N–H and O–H groups in total. The monoisotopic (exact) mass is 489 g/mol. The number of likely N-dealkylation sites (tertiary alicyclic amines) is 1. The molecule has 0 aromatic carbocycles. The van der Waals surface area contributed by atoms with Gasteiger partial charge in [0.25, 0.3) is 11.5 Å². The normalized spacial score (nSPS) is 20.0. The van der Waals surface area contributed by atoms with E-state index in [1.807, 2.05) is 6.07 Å². The van der Waals surface area contributed by atoms with Gasteiger partial charge in [-0.1, -0.05) is 0 Å². The van der Waals surface area contributed by atoms with Crippen LogP contribution in [0.4, 0.5) is 18.9 Å². The maximum Gasteiger partial charge on any atom is 0.418 e. The van der Waals surface area contributed by atoms with E-state index in [0.717, 1.165) is 50.8 Å². The van der Waals surface area contributed by atoms with Crippen molar-refractivity contribution in [1.82, 2.24) is 30.2 Å². The number of pyridine rings is 1. The highest BCUT2D eigenvalue weighted by atomic mass is 19.4. The molecule has 12 heteroatoms. The van der Waals surface area contributed by atoms with Gasteiger partial charge < -0.3 is 20.2 Å². The van der Waals surface area contributed by atoms with Gasteiger partial charge in [-0.25, -0.2) is 9.97 Å². The first-order chi connectivity index (χ1) is 16.7. The Morgan fingerprint density at radius 3 is 2.60 bits per heavy atom. The lowest BCUT2D eigenvalue weighted by atomic mass is 10.0. The van der Waals surface area contributed by atoms with Crippen LogP contribution in [0.2, 0.25) is 0 Å². The lowest BCUT2D eigenvalue weighted by Gasteiger charge is -2.37. The summed E-state index contributed by atoms with van der Waals surface area (Å²) in [5, 5.41) is 2.12. The third-order valence-corrected chi connectivity index (χ3v) is 7.03. The van der Waals surface area contributed by atoms with E-state index in [1.165, 1.54) is 0 Å². The smallest absolute Gasteiger partial charge is 0.370 e. The molecule has 3 aromatic rings. The number of carbonyl (C=O) groups excluding carboxylic acids is 1. The van der Waals surface area contributed by atoms with Gasteiger partial charge in [0.1, 0.15) is 17.2 Å². The molecule has 35 heavy (non-hydrogen) atoms. The maximum atomic E-state index is 13.2. The van der Waals surface area contributed by atoms with Gasteiger partial charge in [-0.3, -0.25) is 14.5 Å². The number of nitrogens with zero attached hydrogens (tertiary/aromatic N) is 4. The van der Waals surface area contributed by atoms with E-state index in [2.05, 4.69) is 35.1 Å². The fourth-order valence-corrected chi connectivity index (χ4v) is 5.14. The molecule has 9 nitrogen and oxygen atoms in total. The van der Waals surface area contributed by atoms with Crippen molar-refractivity contribution in [2.45, 2.75) is 37.4 Å². The summed E-state index contributed by atoms with van der Waals surface area (Å²) in [7, 11) is 1.57. The predicted octanol–water partition coefficient (Wildman–Crippen LogP) is 2.48. The van der Waals surface area contributed by atoms with Gasteiger partial charge >= 0.3 is 6.18 Å². The molecule has 2 aliphatic heterocycles. The van der Waals surface area contributed by atoms with Crippen LogP contribution in [0.5, 0.6) is 0 Å². The molecular weight excluding hydrogens is 463 g/mol. The third kappa shape index (κ3) is 4.49. The van der Waals surface area contributed by atoms with Crippen LogP contribution >= 0.6 is 0 Å². The number of halogens is 3. The van der Waals surface area contributed by atoms with Gasteiger partial charge in [0, 0.05) is 44.8 Å². The lowest BCUT2D eigenvalue weighted by molar-refractivity contribution is -0.136. The molecule has 1 atom stereocenters. The lowest BCUT2D eigenvalue weighted by Crippen LogP contribution is -2.44. The number of piperidine rings is 1. The largest absolute Gasteiger partial charge is 0.418 e. The van der Waals surface area contributed by atoms with E-state index in [1.54, 1.807) is 19.3 Å². The molecule has 1 amide bonds. The second-order valence-electron chi connectivity index (χ2n) is 9.05. The first kappa shape index (κ1) is 23.3. The molecule has 2 saturated heterocycles. The van der Waals surface area contributed by atoms with Crippen molar-refractivity contribution in [3.63, 3.8) is 0 Å². The number of amides is 1. The van der Waals surface area contributed by atoms with Crippen LogP contribution in [-0.2, 0) is 6.18 Å².